The molecule has 0 bridgehead atoms. The van der Waals surface area contributed by atoms with Crippen LogP contribution in [0, 0.1) is 8.99 Å². The molecule has 0 aliphatic rings. The van der Waals surface area contributed by atoms with Crippen molar-refractivity contribution in [3.05, 3.63) is 15.1 Å². The zero-order chi connectivity index (χ0) is 16.0. The lowest BCUT2D eigenvalue weighted by Gasteiger charge is -2.29. The number of halogens is 1. The van der Waals surface area contributed by atoms with Gasteiger partial charge in [0.1, 0.15) is 11.9 Å². The maximum absolute atomic E-state index is 5.90. The van der Waals surface area contributed by atoms with Crippen LogP contribution in [-0.4, -0.2) is 30.2 Å². The van der Waals surface area contributed by atoms with Crippen LogP contribution in [0.5, 0.6) is 0 Å². The summed E-state index contributed by atoms with van der Waals surface area (Å²) in [5.74, 6) is 1.57. The minimum atomic E-state index is -0.146. The minimum absolute atomic E-state index is 0.0728. The van der Waals surface area contributed by atoms with E-state index in [0.717, 1.165) is 21.6 Å². The predicted octanol–water partition coefficient (Wildman–Crippen LogP) is 3.78. The van der Waals surface area contributed by atoms with E-state index in [2.05, 4.69) is 65.6 Å². The van der Waals surface area contributed by atoms with Gasteiger partial charge in [-0.25, -0.2) is 9.97 Å². The number of anilines is 1. The van der Waals surface area contributed by atoms with Gasteiger partial charge in [-0.2, -0.15) is 0 Å². The monoisotopic (exact) mass is 407 g/mol. The Kier molecular flexibility index (Phi) is 7.29. The van der Waals surface area contributed by atoms with Crippen LogP contribution < -0.4 is 5.32 Å². The molecule has 0 aliphatic heterocycles. The quantitative estimate of drug-likeness (QED) is 0.698. The van der Waals surface area contributed by atoms with Crippen LogP contribution in [0.3, 0.4) is 0 Å². The molecule has 6 heteroatoms. The van der Waals surface area contributed by atoms with E-state index in [1.807, 2.05) is 6.92 Å². The lowest BCUT2D eigenvalue weighted by atomic mass is 9.88. The van der Waals surface area contributed by atoms with Gasteiger partial charge in [-0.3, -0.25) is 0 Å². The van der Waals surface area contributed by atoms with Crippen molar-refractivity contribution in [2.75, 3.05) is 25.6 Å². The van der Waals surface area contributed by atoms with E-state index in [9.17, 15) is 0 Å². The SMILES string of the molecule is CCNc1nc(C(OCC)C(C)(C)C)nc(COC)c1I. The van der Waals surface area contributed by atoms with Crippen LogP contribution in [0.4, 0.5) is 5.82 Å². The number of nitrogens with zero attached hydrogens (tertiary/aromatic N) is 2. The van der Waals surface area contributed by atoms with Crippen molar-refractivity contribution in [1.82, 2.24) is 9.97 Å². The fourth-order valence-electron chi connectivity index (χ4n) is 2.03. The van der Waals surface area contributed by atoms with Crippen molar-refractivity contribution in [2.24, 2.45) is 5.41 Å². The van der Waals surface area contributed by atoms with E-state index in [4.69, 9.17) is 9.47 Å². The van der Waals surface area contributed by atoms with Crippen molar-refractivity contribution in [2.45, 2.75) is 47.3 Å². The molecule has 0 aliphatic carbocycles. The summed E-state index contributed by atoms with van der Waals surface area (Å²) < 4.78 is 12.2. The molecule has 1 rings (SSSR count). The second-order valence-corrected chi connectivity index (χ2v) is 6.93. The second kappa shape index (κ2) is 8.24. The Bertz CT molecular complexity index is 434. The summed E-state index contributed by atoms with van der Waals surface area (Å²) in [6.07, 6.45) is -0.146. The first kappa shape index (κ1) is 18.6. The molecule has 5 nitrogen and oxygen atoms in total. The molecule has 0 fully saturated rings. The fraction of sp³-hybridized carbons (Fsp3) is 0.733. The van der Waals surface area contributed by atoms with Gasteiger partial charge >= 0.3 is 0 Å². The molecule has 21 heavy (non-hydrogen) atoms. The van der Waals surface area contributed by atoms with Crippen molar-refractivity contribution >= 4 is 28.4 Å². The predicted molar refractivity (Wildman–Crippen MR) is 93.4 cm³/mol. The second-order valence-electron chi connectivity index (χ2n) is 5.86. The van der Waals surface area contributed by atoms with Crippen molar-refractivity contribution in [3.8, 4) is 0 Å². The van der Waals surface area contributed by atoms with Gasteiger partial charge in [0.2, 0.25) is 0 Å². The molecular formula is C15H26IN3O2. The zero-order valence-electron chi connectivity index (χ0n) is 13.8. The van der Waals surface area contributed by atoms with Gasteiger partial charge in [-0.15, -0.1) is 0 Å². The average Bonchev–Trinajstić information content (AvgIpc) is 2.39. The third kappa shape index (κ3) is 5.03. The molecule has 1 atom stereocenters. The summed E-state index contributed by atoms with van der Waals surface area (Å²) >= 11 is 2.26. The van der Waals surface area contributed by atoms with Gasteiger partial charge in [-0.1, -0.05) is 20.8 Å². The number of hydrogen-bond acceptors (Lipinski definition) is 5. The molecular weight excluding hydrogens is 381 g/mol. The number of rotatable bonds is 7. The van der Waals surface area contributed by atoms with E-state index in [1.54, 1.807) is 7.11 Å². The summed E-state index contributed by atoms with van der Waals surface area (Å²) in [5.41, 5.74) is 0.824. The molecule has 1 aromatic heterocycles. The molecule has 0 amide bonds. The Morgan fingerprint density at radius 2 is 1.90 bits per heavy atom. The summed E-state index contributed by atoms with van der Waals surface area (Å²) in [6.45, 7) is 12.4. The number of methoxy groups -OCH3 is 1. The average molecular weight is 407 g/mol. The highest BCUT2D eigenvalue weighted by Crippen LogP contribution is 2.35. The first-order chi connectivity index (χ1) is 9.85. The smallest absolute Gasteiger partial charge is 0.160 e. The summed E-state index contributed by atoms with van der Waals surface area (Å²) in [6, 6.07) is 0. The summed E-state index contributed by atoms with van der Waals surface area (Å²) in [5, 5.41) is 3.29. The van der Waals surface area contributed by atoms with E-state index in [0.29, 0.717) is 19.0 Å². The fourth-order valence-corrected chi connectivity index (χ4v) is 2.61. The minimum Gasteiger partial charge on any atom is -0.378 e. The van der Waals surface area contributed by atoms with Crippen LogP contribution in [0.2, 0.25) is 0 Å². The van der Waals surface area contributed by atoms with E-state index >= 15 is 0 Å². The highest BCUT2D eigenvalue weighted by atomic mass is 127. The van der Waals surface area contributed by atoms with Gasteiger partial charge in [0.05, 0.1) is 15.9 Å². The molecule has 0 spiro atoms. The first-order valence-corrected chi connectivity index (χ1v) is 8.33. The van der Waals surface area contributed by atoms with Crippen molar-refractivity contribution in [1.29, 1.82) is 0 Å². The van der Waals surface area contributed by atoms with Crippen LogP contribution >= 0.6 is 22.6 Å². The van der Waals surface area contributed by atoms with E-state index in [1.165, 1.54) is 0 Å². The highest BCUT2D eigenvalue weighted by Gasteiger charge is 2.30. The number of hydrogen-bond donors (Lipinski definition) is 1. The lowest BCUT2D eigenvalue weighted by Crippen LogP contribution is -2.25. The Hall–Kier alpha value is -0.470. The van der Waals surface area contributed by atoms with Gasteiger partial charge in [0, 0.05) is 20.3 Å². The molecule has 1 N–H and O–H groups in total. The van der Waals surface area contributed by atoms with E-state index in [-0.39, 0.29) is 11.5 Å². The topological polar surface area (TPSA) is 56.3 Å². The number of ether oxygens (including phenoxy) is 2. The van der Waals surface area contributed by atoms with Gasteiger partial charge in [-0.05, 0) is 41.9 Å². The Balaban J connectivity index is 3.32. The van der Waals surface area contributed by atoms with Crippen LogP contribution in [0.1, 0.15) is 52.2 Å². The number of aromatic nitrogens is 2. The van der Waals surface area contributed by atoms with Gasteiger partial charge in [0.15, 0.2) is 5.82 Å². The Morgan fingerprint density at radius 1 is 1.24 bits per heavy atom. The largest absolute Gasteiger partial charge is 0.378 e. The molecule has 1 heterocycles. The van der Waals surface area contributed by atoms with Gasteiger partial charge < -0.3 is 14.8 Å². The summed E-state index contributed by atoms with van der Waals surface area (Å²) in [7, 11) is 1.68. The molecule has 120 valence electrons. The van der Waals surface area contributed by atoms with Crippen molar-refractivity contribution < 1.29 is 9.47 Å². The third-order valence-electron chi connectivity index (χ3n) is 2.92. The molecule has 0 radical (unpaired) electrons. The highest BCUT2D eigenvalue weighted by molar-refractivity contribution is 14.1. The van der Waals surface area contributed by atoms with Crippen LogP contribution in [0.15, 0.2) is 0 Å². The third-order valence-corrected chi connectivity index (χ3v) is 4.05. The van der Waals surface area contributed by atoms with Gasteiger partial charge in [0.25, 0.3) is 0 Å². The van der Waals surface area contributed by atoms with Crippen molar-refractivity contribution in [3.63, 3.8) is 0 Å². The molecule has 0 aromatic carbocycles. The Morgan fingerprint density at radius 3 is 2.38 bits per heavy atom. The molecule has 0 saturated carbocycles. The van der Waals surface area contributed by atoms with E-state index < -0.39 is 0 Å². The lowest BCUT2D eigenvalue weighted by molar-refractivity contribution is -0.0193. The zero-order valence-corrected chi connectivity index (χ0v) is 15.9. The standard InChI is InChI=1S/C15H26IN3O2/c1-7-17-13-11(16)10(9-20-6)18-14(19-13)12(21-8-2)15(3,4)5/h12H,7-9H2,1-6H3,(H,17,18,19). The first-order valence-electron chi connectivity index (χ1n) is 7.25. The molecule has 1 unspecified atom stereocenters. The molecule has 1 aromatic rings. The normalized spacial score (nSPS) is 13.3. The molecule has 0 saturated heterocycles. The maximum atomic E-state index is 5.90. The number of nitrogens with one attached hydrogen (secondary N) is 1. The maximum Gasteiger partial charge on any atom is 0.160 e. The van der Waals surface area contributed by atoms with Crippen LogP contribution in [-0.2, 0) is 16.1 Å². The summed E-state index contributed by atoms with van der Waals surface area (Å²) in [4.78, 5) is 9.36. The Labute approximate surface area is 141 Å². The van der Waals surface area contributed by atoms with Crippen LogP contribution in [0.25, 0.3) is 0 Å².